The fraction of sp³-hybridized carbons (Fsp3) is 0.0909. The summed E-state index contributed by atoms with van der Waals surface area (Å²) < 4.78 is 6.63. The zero-order valence-corrected chi connectivity index (χ0v) is 17.4. The van der Waals surface area contributed by atoms with E-state index in [0.29, 0.717) is 17.4 Å². The van der Waals surface area contributed by atoms with Crippen molar-refractivity contribution in [3.05, 3.63) is 92.4 Å². The molecule has 0 aliphatic rings. The number of hydrogen-bond acceptors (Lipinski definition) is 3. The number of carboxylic acids is 1. The molecule has 0 unspecified atom stereocenters. The Morgan fingerprint density at radius 1 is 1.18 bits per heavy atom. The Labute approximate surface area is 176 Å². The number of ether oxygens (including phenoxy) is 1. The molecule has 6 heteroatoms. The molecule has 0 atom stereocenters. The Hall–Kier alpha value is -2.63. The maximum atomic E-state index is 10.9. The van der Waals surface area contributed by atoms with E-state index in [1.54, 1.807) is 30.5 Å². The van der Waals surface area contributed by atoms with Gasteiger partial charge in [0.25, 0.3) is 0 Å². The first kappa shape index (κ1) is 20.1. The topological polar surface area (TPSA) is 58.9 Å². The van der Waals surface area contributed by atoms with E-state index in [-0.39, 0.29) is 5.56 Å². The summed E-state index contributed by atoms with van der Waals surface area (Å²) in [5.41, 5.74) is 3.83. The maximum Gasteiger partial charge on any atom is 0.335 e. The number of aliphatic imine (C=N–C) groups is 1. The molecule has 4 nitrogen and oxygen atoms in total. The Bertz CT molecular complexity index is 1030. The van der Waals surface area contributed by atoms with E-state index in [0.717, 1.165) is 26.9 Å². The van der Waals surface area contributed by atoms with Crippen LogP contribution < -0.4 is 4.74 Å². The minimum absolute atomic E-state index is 0.253. The molecule has 28 heavy (non-hydrogen) atoms. The highest BCUT2D eigenvalue weighted by Crippen LogP contribution is 2.28. The minimum Gasteiger partial charge on any atom is -0.488 e. The van der Waals surface area contributed by atoms with Gasteiger partial charge in [-0.15, -0.1) is 0 Å². The average molecular weight is 459 g/mol. The lowest BCUT2D eigenvalue weighted by atomic mass is 10.1. The van der Waals surface area contributed by atoms with Gasteiger partial charge in [-0.2, -0.15) is 0 Å². The second-order valence-electron chi connectivity index (χ2n) is 6.12. The zero-order chi connectivity index (χ0) is 20.1. The lowest BCUT2D eigenvalue weighted by Crippen LogP contribution is -1.99. The molecule has 0 saturated carbocycles. The molecule has 0 aromatic heterocycles. The molecule has 0 amide bonds. The molecule has 0 aliphatic carbocycles. The minimum atomic E-state index is -0.944. The van der Waals surface area contributed by atoms with Crippen molar-refractivity contribution < 1.29 is 14.6 Å². The Kier molecular flexibility index (Phi) is 6.49. The molecule has 0 bridgehead atoms. The van der Waals surface area contributed by atoms with Crippen LogP contribution in [-0.2, 0) is 6.61 Å². The SMILES string of the molecule is Cc1c(Cl)cccc1N=Cc1ccc(OCc2ccc(C(=O)O)cc2)c(Br)c1. The number of rotatable bonds is 6. The van der Waals surface area contributed by atoms with Gasteiger partial charge in [-0.05, 0) is 82.0 Å². The highest BCUT2D eigenvalue weighted by atomic mass is 79.9. The number of aromatic carboxylic acids is 1. The molecule has 0 fully saturated rings. The number of hydrogen-bond donors (Lipinski definition) is 1. The van der Waals surface area contributed by atoms with Crippen LogP contribution in [-0.4, -0.2) is 17.3 Å². The van der Waals surface area contributed by atoms with Crippen molar-refractivity contribution >= 4 is 45.4 Å². The van der Waals surface area contributed by atoms with E-state index in [2.05, 4.69) is 20.9 Å². The van der Waals surface area contributed by atoms with Gasteiger partial charge in [0, 0.05) is 11.2 Å². The van der Waals surface area contributed by atoms with Gasteiger partial charge in [-0.25, -0.2) is 4.79 Å². The molecule has 142 valence electrons. The van der Waals surface area contributed by atoms with Gasteiger partial charge >= 0.3 is 5.97 Å². The standard InChI is InChI=1S/C22H17BrClNO3/c1-14-19(24)3-2-4-20(14)25-12-16-7-10-21(18(23)11-16)28-13-15-5-8-17(9-6-15)22(26)27/h2-12H,13H2,1H3,(H,26,27). The van der Waals surface area contributed by atoms with Crippen molar-refractivity contribution in [3.63, 3.8) is 0 Å². The van der Waals surface area contributed by atoms with E-state index in [1.807, 2.05) is 43.3 Å². The summed E-state index contributed by atoms with van der Waals surface area (Å²) in [6.45, 7) is 2.28. The first-order chi connectivity index (χ1) is 13.4. The van der Waals surface area contributed by atoms with Crippen molar-refractivity contribution in [1.29, 1.82) is 0 Å². The van der Waals surface area contributed by atoms with Gasteiger partial charge in [0.15, 0.2) is 0 Å². The van der Waals surface area contributed by atoms with Crippen molar-refractivity contribution in [2.45, 2.75) is 13.5 Å². The summed E-state index contributed by atoms with van der Waals surface area (Å²) in [4.78, 5) is 15.4. The van der Waals surface area contributed by atoms with Gasteiger partial charge in [-0.3, -0.25) is 4.99 Å². The summed E-state index contributed by atoms with van der Waals surface area (Å²) in [5.74, 6) is -0.251. The van der Waals surface area contributed by atoms with Crippen molar-refractivity contribution in [2.75, 3.05) is 0 Å². The van der Waals surface area contributed by atoms with Crippen LogP contribution in [0.3, 0.4) is 0 Å². The number of benzene rings is 3. The van der Waals surface area contributed by atoms with Crippen LogP contribution in [0.25, 0.3) is 0 Å². The van der Waals surface area contributed by atoms with Gasteiger partial charge in [0.2, 0.25) is 0 Å². The van der Waals surface area contributed by atoms with Gasteiger partial charge < -0.3 is 9.84 Å². The quantitative estimate of drug-likeness (QED) is 0.432. The lowest BCUT2D eigenvalue weighted by molar-refractivity contribution is 0.0697. The maximum absolute atomic E-state index is 10.9. The third kappa shape index (κ3) is 5.00. The van der Waals surface area contributed by atoms with Gasteiger partial charge in [0.05, 0.1) is 15.7 Å². The normalized spacial score (nSPS) is 11.0. The van der Waals surface area contributed by atoms with Crippen LogP contribution >= 0.6 is 27.5 Å². The van der Waals surface area contributed by atoms with Crippen LogP contribution in [0.4, 0.5) is 5.69 Å². The van der Waals surface area contributed by atoms with E-state index >= 15 is 0 Å². The van der Waals surface area contributed by atoms with Crippen molar-refractivity contribution in [2.24, 2.45) is 4.99 Å². The average Bonchev–Trinajstić information content (AvgIpc) is 2.68. The monoisotopic (exact) mass is 457 g/mol. The Morgan fingerprint density at radius 3 is 2.61 bits per heavy atom. The molecular weight excluding hydrogens is 442 g/mol. The highest BCUT2D eigenvalue weighted by molar-refractivity contribution is 9.10. The number of nitrogens with zero attached hydrogens (tertiary/aromatic N) is 1. The third-order valence-electron chi connectivity index (χ3n) is 4.14. The molecule has 3 aromatic rings. The van der Waals surface area contributed by atoms with E-state index < -0.39 is 5.97 Å². The zero-order valence-electron chi connectivity index (χ0n) is 15.0. The predicted molar refractivity (Wildman–Crippen MR) is 115 cm³/mol. The van der Waals surface area contributed by atoms with Gasteiger partial charge in [0.1, 0.15) is 12.4 Å². The molecule has 3 rings (SSSR count). The molecule has 3 aromatic carbocycles. The Balaban J connectivity index is 1.67. The lowest BCUT2D eigenvalue weighted by Gasteiger charge is -2.09. The molecule has 1 N–H and O–H groups in total. The van der Waals surface area contributed by atoms with Crippen LogP contribution in [0, 0.1) is 6.92 Å². The van der Waals surface area contributed by atoms with Crippen molar-refractivity contribution in [1.82, 2.24) is 0 Å². The van der Waals surface area contributed by atoms with Crippen LogP contribution in [0.5, 0.6) is 5.75 Å². The number of carboxylic acid groups (broad SMARTS) is 1. The second kappa shape index (κ2) is 9.04. The first-order valence-corrected chi connectivity index (χ1v) is 9.65. The highest BCUT2D eigenvalue weighted by Gasteiger charge is 2.05. The molecule has 0 heterocycles. The molecule has 0 spiro atoms. The van der Waals surface area contributed by atoms with Crippen molar-refractivity contribution in [3.8, 4) is 5.75 Å². The summed E-state index contributed by atoms with van der Waals surface area (Å²) in [5, 5.41) is 9.63. The van der Waals surface area contributed by atoms with E-state index in [1.165, 1.54) is 0 Å². The summed E-state index contributed by atoms with van der Waals surface area (Å²) >= 11 is 9.64. The van der Waals surface area contributed by atoms with Crippen LogP contribution in [0.15, 0.2) is 70.1 Å². The van der Waals surface area contributed by atoms with Gasteiger partial charge in [-0.1, -0.05) is 29.8 Å². The fourth-order valence-corrected chi connectivity index (χ4v) is 3.18. The molecule has 0 saturated heterocycles. The second-order valence-corrected chi connectivity index (χ2v) is 7.38. The fourth-order valence-electron chi connectivity index (χ4n) is 2.50. The summed E-state index contributed by atoms with van der Waals surface area (Å²) in [6.07, 6.45) is 1.78. The summed E-state index contributed by atoms with van der Waals surface area (Å²) in [6, 6.07) is 17.9. The molecular formula is C22H17BrClNO3. The molecule has 0 radical (unpaired) electrons. The summed E-state index contributed by atoms with van der Waals surface area (Å²) in [7, 11) is 0. The van der Waals surface area contributed by atoms with E-state index in [9.17, 15) is 4.79 Å². The largest absolute Gasteiger partial charge is 0.488 e. The third-order valence-corrected chi connectivity index (χ3v) is 5.17. The number of carbonyl (C=O) groups is 1. The van der Waals surface area contributed by atoms with Crippen LogP contribution in [0.1, 0.15) is 27.0 Å². The number of halogens is 2. The predicted octanol–water partition coefficient (Wildman–Crippen LogP) is 6.44. The van der Waals surface area contributed by atoms with Crippen LogP contribution in [0.2, 0.25) is 5.02 Å². The first-order valence-electron chi connectivity index (χ1n) is 8.48. The van der Waals surface area contributed by atoms with E-state index in [4.69, 9.17) is 21.4 Å². The molecule has 0 aliphatic heterocycles. The Morgan fingerprint density at radius 2 is 1.93 bits per heavy atom. The smallest absolute Gasteiger partial charge is 0.335 e.